The van der Waals surface area contributed by atoms with Crippen molar-refractivity contribution in [2.45, 2.75) is 52.5 Å². The molecule has 3 N–H and O–H groups in total. The van der Waals surface area contributed by atoms with Gasteiger partial charge in [-0.15, -0.1) is 0 Å². The molecule has 0 saturated heterocycles. The summed E-state index contributed by atoms with van der Waals surface area (Å²) < 4.78 is 0. The van der Waals surface area contributed by atoms with Gasteiger partial charge in [-0.05, 0) is 44.0 Å². The zero-order valence-electron chi connectivity index (χ0n) is 10.7. The fraction of sp³-hybridized carbons (Fsp3) is 0.571. The molecule has 1 aromatic carbocycles. The van der Waals surface area contributed by atoms with E-state index in [1.165, 1.54) is 31.4 Å². The predicted molar refractivity (Wildman–Crippen MR) is 72.8 cm³/mol. The van der Waals surface area contributed by atoms with Crippen molar-refractivity contribution in [2.24, 2.45) is 0 Å². The van der Waals surface area contributed by atoms with Gasteiger partial charge in [0, 0.05) is 17.4 Å². The lowest BCUT2D eigenvalue weighted by molar-refractivity contribution is 0.615. The Morgan fingerprint density at radius 1 is 1.31 bits per heavy atom. The van der Waals surface area contributed by atoms with E-state index in [9.17, 15) is 0 Å². The van der Waals surface area contributed by atoms with E-state index in [2.05, 4.69) is 31.3 Å². The summed E-state index contributed by atoms with van der Waals surface area (Å²) in [6.07, 6.45) is 5.15. The van der Waals surface area contributed by atoms with Gasteiger partial charge in [0.15, 0.2) is 0 Å². The molecule has 16 heavy (non-hydrogen) atoms. The van der Waals surface area contributed by atoms with Gasteiger partial charge in [-0.3, -0.25) is 0 Å². The lowest BCUT2D eigenvalue weighted by Crippen LogP contribution is -2.14. The van der Waals surface area contributed by atoms with Crippen molar-refractivity contribution in [3.63, 3.8) is 0 Å². The van der Waals surface area contributed by atoms with E-state index >= 15 is 0 Å². The quantitative estimate of drug-likeness (QED) is 0.562. The number of aryl methyl sites for hydroxylation is 1. The third-order valence-corrected chi connectivity index (χ3v) is 2.92. The zero-order chi connectivity index (χ0) is 12.0. The van der Waals surface area contributed by atoms with Gasteiger partial charge in [0.2, 0.25) is 0 Å². The normalized spacial score (nSPS) is 12.4. The Kier molecular flexibility index (Phi) is 5.17. The molecule has 0 radical (unpaired) electrons. The van der Waals surface area contributed by atoms with E-state index in [4.69, 9.17) is 5.73 Å². The molecule has 0 aromatic heterocycles. The molecule has 1 atom stereocenters. The molecule has 0 aliphatic heterocycles. The average molecular weight is 220 g/mol. The third-order valence-electron chi connectivity index (χ3n) is 2.92. The topological polar surface area (TPSA) is 38.0 Å². The van der Waals surface area contributed by atoms with Crippen LogP contribution >= 0.6 is 0 Å². The number of benzene rings is 1. The summed E-state index contributed by atoms with van der Waals surface area (Å²) in [5.41, 5.74) is 8.98. The molecule has 0 bridgehead atoms. The van der Waals surface area contributed by atoms with Crippen LogP contribution in [0.15, 0.2) is 18.2 Å². The van der Waals surface area contributed by atoms with Gasteiger partial charge >= 0.3 is 0 Å². The van der Waals surface area contributed by atoms with Crippen LogP contribution in [0.1, 0.15) is 45.1 Å². The van der Waals surface area contributed by atoms with Crippen LogP contribution in [0.25, 0.3) is 0 Å². The minimum absolute atomic E-state index is 0.537. The van der Waals surface area contributed by atoms with Gasteiger partial charge in [0.05, 0.1) is 0 Å². The van der Waals surface area contributed by atoms with Crippen LogP contribution in [-0.2, 0) is 0 Å². The maximum Gasteiger partial charge on any atom is 0.0346 e. The van der Waals surface area contributed by atoms with E-state index in [-0.39, 0.29) is 0 Å². The highest BCUT2D eigenvalue weighted by Gasteiger charge is 2.02. The Balaban J connectivity index is 2.43. The van der Waals surface area contributed by atoms with Crippen LogP contribution in [0.3, 0.4) is 0 Å². The summed E-state index contributed by atoms with van der Waals surface area (Å²) in [7, 11) is 0. The van der Waals surface area contributed by atoms with Crippen molar-refractivity contribution in [3.8, 4) is 0 Å². The number of nitrogens with two attached hydrogens (primary N) is 1. The molecule has 0 amide bonds. The van der Waals surface area contributed by atoms with Crippen molar-refractivity contribution in [1.29, 1.82) is 0 Å². The maximum absolute atomic E-state index is 5.79. The first kappa shape index (κ1) is 12.9. The van der Waals surface area contributed by atoms with E-state index in [0.29, 0.717) is 6.04 Å². The fourth-order valence-electron chi connectivity index (χ4n) is 1.82. The van der Waals surface area contributed by atoms with Crippen molar-refractivity contribution in [3.05, 3.63) is 23.8 Å². The van der Waals surface area contributed by atoms with Gasteiger partial charge in [-0.25, -0.2) is 0 Å². The standard InChI is InChI=1S/C14H24N2/c1-4-5-6-7-12(3)16-13-8-9-14(15)11(2)10-13/h8-10,12,16H,4-7,15H2,1-3H3. The van der Waals surface area contributed by atoms with Crippen LogP contribution in [0.5, 0.6) is 0 Å². The number of hydrogen-bond donors (Lipinski definition) is 2. The van der Waals surface area contributed by atoms with Crippen molar-refractivity contribution >= 4 is 11.4 Å². The van der Waals surface area contributed by atoms with Crippen LogP contribution in [0.4, 0.5) is 11.4 Å². The number of unbranched alkanes of at least 4 members (excludes halogenated alkanes) is 2. The summed E-state index contributed by atoms with van der Waals surface area (Å²) in [4.78, 5) is 0. The molecule has 1 rings (SSSR count). The minimum Gasteiger partial charge on any atom is -0.399 e. The fourth-order valence-corrected chi connectivity index (χ4v) is 1.82. The molecule has 1 aromatic rings. The maximum atomic E-state index is 5.79. The van der Waals surface area contributed by atoms with E-state index in [1.807, 2.05) is 13.0 Å². The first-order valence-electron chi connectivity index (χ1n) is 6.26. The minimum atomic E-state index is 0.537. The van der Waals surface area contributed by atoms with Crippen LogP contribution < -0.4 is 11.1 Å². The number of anilines is 2. The Labute approximate surface area is 99.2 Å². The Morgan fingerprint density at radius 3 is 2.69 bits per heavy atom. The SMILES string of the molecule is CCCCCC(C)Nc1ccc(N)c(C)c1. The second-order valence-corrected chi connectivity index (χ2v) is 4.61. The monoisotopic (exact) mass is 220 g/mol. The van der Waals surface area contributed by atoms with Gasteiger partial charge < -0.3 is 11.1 Å². The number of rotatable bonds is 6. The summed E-state index contributed by atoms with van der Waals surface area (Å²) in [5.74, 6) is 0. The molecule has 1 unspecified atom stereocenters. The highest BCUT2D eigenvalue weighted by atomic mass is 14.9. The summed E-state index contributed by atoms with van der Waals surface area (Å²) >= 11 is 0. The number of nitrogens with one attached hydrogen (secondary N) is 1. The molecule has 2 nitrogen and oxygen atoms in total. The predicted octanol–water partition coefficient (Wildman–Crippen LogP) is 3.96. The molecule has 0 spiro atoms. The number of hydrogen-bond acceptors (Lipinski definition) is 2. The zero-order valence-corrected chi connectivity index (χ0v) is 10.7. The van der Waals surface area contributed by atoms with E-state index < -0.39 is 0 Å². The summed E-state index contributed by atoms with van der Waals surface area (Å²) in [5, 5.41) is 3.51. The van der Waals surface area contributed by atoms with Crippen molar-refractivity contribution in [2.75, 3.05) is 11.1 Å². The highest BCUT2D eigenvalue weighted by molar-refractivity contribution is 5.56. The lowest BCUT2D eigenvalue weighted by Gasteiger charge is -2.15. The van der Waals surface area contributed by atoms with Crippen molar-refractivity contribution < 1.29 is 0 Å². The summed E-state index contributed by atoms with van der Waals surface area (Å²) in [6.45, 7) is 6.52. The molecule has 0 aliphatic carbocycles. The smallest absolute Gasteiger partial charge is 0.0346 e. The van der Waals surface area contributed by atoms with Gasteiger partial charge in [-0.2, -0.15) is 0 Å². The molecule has 0 saturated carbocycles. The molecule has 0 aliphatic rings. The van der Waals surface area contributed by atoms with Crippen LogP contribution in [0, 0.1) is 6.92 Å². The molecule has 90 valence electrons. The van der Waals surface area contributed by atoms with Gasteiger partial charge in [0.25, 0.3) is 0 Å². The first-order valence-corrected chi connectivity index (χ1v) is 6.26. The molecular weight excluding hydrogens is 196 g/mol. The summed E-state index contributed by atoms with van der Waals surface area (Å²) in [6, 6.07) is 6.68. The Hall–Kier alpha value is -1.18. The van der Waals surface area contributed by atoms with Gasteiger partial charge in [0.1, 0.15) is 0 Å². The van der Waals surface area contributed by atoms with Crippen LogP contribution in [0.2, 0.25) is 0 Å². The van der Waals surface area contributed by atoms with Crippen molar-refractivity contribution in [1.82, 2.24) is 0 Å². The third kappa shape index (κ3) is 4.13. The first-order chi connectivity index (χ1) is 7.63. The molecular formula is C14H24N2. The second-order valence-electron chi connectivity index (χ2n) is 4.61. The Morgan fingerprint density at radius 2 is 2.06 bits per heavy atom. The van der Waals surface area contributed by atoms with E-state index in [0.717, 1.165) is 11.3 Å². The molecule has 0 fully saturated rings. The average Bonchev–Trinajstić information content (AvgIpc) is 2.24. The second kappa shape index (κ2) is 6.41. The lowest BCUT2D eigenvalue weighted by atomic mass is 10.1. The van der Waals surface area contributed by atoms with Gasteiger partial charge in [-0.1, -0.05) is 26.2 Å². The largest absolute Gasteiger partial charge is 0.399 e. The Bertz CT molecular complexity index is 321. The van der Waals surface area contributed by atoms with E-state index in [1.54, 1.807) is 0 Å². The highest BCUT2D eigenvalue weighted by Crippen LogP contribution is 2.18. The van der Waals surface area contributed by atoms with Crippen LogP contribution in [-0.4, -0.2) is 6.04 Å². The molecule has 0 heterocycles. The molecule has 2 heteroatoms. The number of nitrogen functional groups attached to an aromatic ring is 1.